The third kappa shape index (κ3) is 3.93. The van der Waals surface area contributed by atoms with Gasteiger partial charge in [-0.3, -0.25) is 9.59 Å². The molecular weight excluding hydrogens is 330 g/mol. The molecule has 1 saturated carbocycles. The lowest BCUT2D eigenvalue weighted by atomic mass is 9.77. The summed E-state index contributed by atoms with van der Waals surface area (Å²) < 4.78 is 5.34. The number of amides is 1. The average molecular weight is 359 g/mol. The van der Waals surface area contributed by atoms with Crippen LogP contribution in [0, 0.1) is 18.8 Å². The molecule has 1 aromatic carbocycles. The topological polar surface area (TPSA) is 75.6 Å². The number of aryl methyl sites for hydroxylation is 1. The summed E-state index contributed by atoms with van der Waals surface area (Å²) in [6, 6.07) is 8.17. The number of hydrogen-bond acceptors (Lipinski definition) is 3. The number of carbonyl (C=O) groups is 2. The summed E-state index contributed by atoms with van der Waals surface area (Å²) >= 11 is 0. The first-order chi connectivity index (χ1) is 12.5. The van der Waals surface area contributed by atoms with Crippen LogP contribution in [0.3, 0.4) is 0 Å². The van der Waals surface area contributed by atoms with Crippen molar-refractivity contribution in [3.63, 3.8) is 0 Å². The molecule has 5 heteroatoms. The zero-order valence-corrected chi connectivity index (χ0v) is 15.5. The van der Waals surface area contributed by atoms with Crippen LogP contribution in [0.25, 0.3) is 0 Å². The van der Waals surface area contributed by atoms with Crippen molar-refractivity contribution < 1.29 is 19.4 Å². The maximum absolute atomic E-state index is 13.2. The molecular formula is C21H29NO4. The summed E-state index contributed by atoms with van der Waals surface area (Å²) in [7, 11) is 0. The minimum absolute atomic E-state index is 0.0149. The highest BCUT2D eigenvalue weighted by atomic mass is 16.5. The van der Waals surface area contributed by atoms with Crippen LogP contribution >= 0.6 is 0 Å². The van der Waals surface area contributed by atoms with E-state index in [2.05, 4.69) is 11.4 Å². The van der Waals surface area contributed by atoms with Gasteiger partial charge < -0.3 is 15.2 Å². The number of ether oxygens (including phenoxy) is 1. The maximum Gasteiger partial charge on any atom is 0.308 e. The molecule has 0 radical (unpaired) electrons. The molecule has 2 N–H and O–H groups in total. The van der Waals surface area contributed by atoms with E-state index in [9.17, 15) is 14.7 Å². The zero-order valence-electron chi connectivity index (χ0n) is 15.5. The second kappa shape index (κ2) is 8.21. The highest BCUT2D eigenvalue weighted by Gasteiger charge is 2.43. The Hall–Kier alpha value is -1.88. The fourth-order valence-corrected chi connectivity index (χ4v) is 4.51. The van der Waals surface area contributed by atoms with Gasteiger partial charge in [0.1, 0.15) is 0 Å². The Labute approximate surface area is 155 Å². The molecule has 2 aliphatic rings. The number of nitrogens with one attached hydrogen (secondary N) is 1. The molecule has 26 heavy (non-hydrogen) atoms. The summed E-state index contributed by atoms with van der Waals surface area (Å²) in [5.74, 6) is -1.31. The Morgan fingerprint density at radius 2 is 1.96 bits per heavy atom. The molecule has 1 heterocycles. The molecule has 1 aliphatic carbocycles. The van der Waals surface area contributed by atoms with Crippen molar-refractivity contribution in [2.75, 3.05) is 19.8 Å². The van der Waals surface area contributed by atoms with Crippen molar-refractivity contribution in [3.8, 4) is 0 Å². The maximum atomic E-state index is 13.2. The van der Waals surface area contributed by atoms with Crippen molar-refractivity contribution in [3.05, 3.63) is 35.4 Å². The van der Waals surface area contributed by atoms with E-state index < -0.39 is 17.3 Å². The zero-order chi connectivity index (χ0) is 18.6. The smallest absolute Gasteiger partial charge is 0.308 e. The molecule has 1 aliphatic heterocycles. The highest BCUT2D eigenvalue weighted by Crippen LogP contribution is 2.41. The Kier molecular flexibility index (Phi) is 5.97. The van der Waals surface area contributed by atoms with E-state index in [1.165, 1.54) is 0 Å². The molecule has 0 aromatic heterocycles. The van der Waals surface area contributed by atoms with E-state index in [0.717, 1.165) is 49.7 Å². The van der Waals surface area contributed by atoms with Crippen molar-refractivity contribution in [1.29, 1.82) is 0 Å². The van der Waals surface area contributed by atoms with E-state index in [1.54, 1.807) is 0 Å². The lowest BCUT2D eigenvalue weighted by Gasteiger charge is -2.31. The van der Waals surface area contributed by atoms with Gasteiger partial charge in [-0.15, -0.1) is 0 Å². The fraction of sp³-hybridized carbons (Fsp3) is 0.619. The highest BCUT2D eigenvalue weighted by molar-refractivity contribution is 5.89. The number of carbonyl (C=O) groups excluding carboxylic acids is 1. The van der Waals surface area contributed by atoms with E-state index in [1.807, 2.05) is 25.1 Å². The van der Waals surface area contributed by atoms with E-state index in [4.69, 9.17) is 4.74 Å². The van der Waals surface area contributed by atoms with E-state index in [0.29, 0.717) is 13.2 Å². The monoisotopic (exact) mass is 359 g/mol. The van der Waals surface area contributed by atoms with Gasteiger partial charge in [0.15, 0.2) is 0 Å². The minimum atomic E-state index is -0.826. The van der Waals surface area contributed by atoms with Crippen LogP contribution in [-0.4, -0.2) is 36.7 Å². The Balaban J connectivity index is 1.72. The van der Waals surface area contributed by atoms with Crippen LogP contribution in [0.2, 0.25) is 0 Å². The normalized spacial score (nSPS) is 21.3. The number of benzene rings is 1. The number of carboxylic acids is 1. The lowest BCUT2D eigenvalue weighted by molar-refractivity contribution is -0.145. The van der Waals surface area contributed by atoms with Gasteiger partial charge in [0.2, 0.25) is 5.91 Å². The lowest BCUT2D eigenvalue weighted by Crippen LogP contribution is -2.46. The third-order valence-electron chi connectivity index (χ3n) is 6.10. The van der Waals surface area contributed by atoms with Crippen LogP contribution in [-0.2, 0) is 19.7 Å². The van der Waals surface area contributed by atoms with Crippen molar-refractivity contribution in [2.24, 2.45) is 11.8 Å². The minimum Gasteiger partial charge on any atom is -0.481 e. The second-order valence-electron chi connectivity index (χ2n) is 7.76. The predicted molar refractivity (Wildman–Crippen MR) is 99.0 cm³/mol. The van der Waals surface area contributed by atoms with E-state index >= 15 is 0 Å². The number of carboxylic acid groups (broad SMARTS) is 1. The summed E-state index contributed by atoms with van der Waals surface area (Å²) in [5, 5.41) is 12.6. The first-order valence-corrected chi connectivity index (χ1v) is 9.69. The molecule has 1 saturated heterocycles. The van der Waals surface area contributed by atoms with E-state index in [-0.39, 0.29) is 18.4 Å². The van der Waals surface area contributed by atoms with Crippen LogP contribution in [0.15, 0.2) is 24.3 Å². The molecule has 1 amide bonds. The van der Waals surface area contributed by atoms with Gasteiger partial charge in [-0.1, -0.05) is 42.7 Å². The summed E-state index contributed by atoms with van der Waals surface area (Å²) in [4.78, 5) is 24.9. The van der Waals surface area contributed by atoms with Crippen LogP contribution in [0.4, 0.5) is 0 Å². The predicted octanol–water partition coefficient (Wildman–Crippen LogP) is 3.05. The van der Waals surface area contributed by atoms with Gasteiger partial charge in [-0.2, -0.15) is 0 Å². The van der Waals surface area contributed by atoms with Gasteiger partial charge in [-0.25, -0.2) is 0 Å². The SMILES string of the molecule is Cc1cccc(C2(C(=O)NCC(C(=O)O)C3CCOCC3)CCCC2)c1. The molecule has 5 nitrogen and oxygen atoms in total. The van der Waals surface area contributed by atoms with Gasteiger partial charge in [-0.05, 0) is 44.1 Å². The fourth-order valence-electron chi connectivity index (χ4n) is 4.51. The van der Waals surface area contributed by atoms with Crippen LogP contribution < -0.4 is 5.32 Å². The summed E-state index contributed by atoms with van der Waals surface area (Å²) in [6.07, 6.45) is 5.22. The molecule has 1 atom stereocenters. The molecule has 1 aromatic rings. The van der Waals surface area contributed by atoms with Gasteiger partial charge in [0.05, 0.1) is 11.3 Å². The van der Waals surface area contributed by atoms with Crippen LogP contribution in [0.1, 0.15) is 49.7 Å². The molecule has 2 fully saturated rings. The van der Waals surface area contributed by atoms with Gasteiger partial charge in [0, 0.05) is 19.8 Å². The summed E-state index contributed by atoms with van der Waals surface area (Å²) in [5.41, 5.74) is 1.70. The molecule has 3 rings (SSSR count). The molecule has 0 spiro atoms. The van der Waals surface area contributed by atoms with Crippen molar-refractivity contribution >= 4 is 11.9 Å². The summed E-state index contributed by atoms with van der Waals surface area (Å²) in [6.45, 7) is 3.45. The number of rotatable bonds is 6. The molecule has 1 unspecified atom stereocenters. The first-order valence-electron chi connectivity index (χ1n) is 9.69. The quantitative estimate of drug-likeness (QED) is 0.818. The van der Waals surface area contributed by atoms with Gasteiger partial charge >= 0.3 is 5.97 Å². The van der Waals surface area contributed by atoms with Gasteiger partial charge in [0.25, 0.3) is 0 Å². The first kappa shape index (κ1) is 18.9. The molecule has 0 bridgehead atoms. The Bertz CT molecular complexity index is 645. The molecule has 142 valence electrons. The largest absolute Gasteiger partial charge is 0.481 e. The standard InChI is InChI=1S/C21H29NO4/c1-15-5-4-6-17(13-15)21(9-2-3-10-21)20(25)22-14-18(19(23)24)16-7-11-26-12-8-16/h4-6,13,16,18H,2-3,7-12,14H2,1H3,(H,22,25)(H,23,24). The third-order valence-corrected chi connectivity index (χ3v) is 6.10. The average Bonchev–Trinajstić information content (AvgIpc) is 3.13. The second-order valence-corrected chi connectivity index (χ2v) is 7.76. The van der Waals surface area contributed by atoms with Crippen molar-refractivity contribution in [2.45, 2.75) is 50.9 Å². The number of aliphatic carboxylic acids is 1. The number of hydrogen-bond donors (Lipinski definition) is 2. The Morgan fingerprint density at radius 1 is 1.27 bits per heavy atom. The van der Waals surface area contributed by atoms with Crippen LogP contribution in [0.5, 0.6) is 0 Å². The van der Waals surface area contributed by atoms with Crippen molar-refractivity contribution in [1.82, 2.24) is 5.32 Å². The Morgan fingerprint density at radius 3 is 2.58 bits per heavy atom.